The minimum atomic E-state index is -1.12. The monoisotopic (exact) mass is 221 g/mol. The van der Waals surface area contributed by atoms with Crippen LogP contribution in [0.3, 0.4) is 0 Å². The molecule has 4 heteroatoms. The van der Waals surface area contributed by atoms with Crippen LogP contribution in [0.1, 0.15) is 13.8 Å². The van der Waals surface area contributed by atoms with Crippen molar-refractivity contribution in [2.75, 3.05) is 7.11 Å². The molecule has 0 aliphatic carbocycles. The normalized spacial score (nSPS) is 27.1. The average molecular weight is 221 g/mol. The first kappa shape index (κ1) is 12.2. The molecule has 0 aromatic carbocycles. The van der Waals surface area contributed by atoms with Crippen molar-refractivity contribution in [3.63, 3.8) is 0 Å². The van der Waals surface area contributed by atoms with Gasteiger partial charge in [0.25, 0.3) is 5.91 Å². The van der Waals surface area contributed by atoms with Gasteiger partial charge in [-0.3, -0.25) is 4.79 Å². The van der Waals surface area contributed by atoms with Gasteiger partial charge < -0.3 is 10.1 Å². The number of carbonyl (C=O) groups is 2. The Bertz CT molecular complexity index is 406. The van der Waals surface area contributed by atoms with Gasteiger partial charge in [-0.2, -0.15) is 0 Å². The zero-order valence-electron chi connectivity index (χ0n) is 9.66. The molecule has 0 spiro atoms. The lowest BCUT2D eigenvalue weighted by Gasteiger charge is -2.30. The second-order valence-electron chi connectivity index (χ2n) is 3.65. The van der Waals surface area contributed by atoms with Crippen LogP contribution in [-0.2, 0) is 14.3 Å². The number of hydrogen-bond acceptors (Lipinski definition) is 3. The lowest BCUT2D eigenvalue weighted by atomic mass is 9.89. The van der Waals surface area contributed by atoms with Crippen LogP contribution in [0, 0.1) is 0 Å². The van der Waals surface area contributed by atoms with E-state index in [0.29, 0.717) is 11.1 Å². The van der Waals surface area contributed by atoms with Gasteiger partial charge in [0, 0.05) is 5.57 Å². The summed E-state index contributed by atoms with van der Waals surface area (Å²) in [5, 5.41) is 2.60. The molecule has 1 rings (SSSR count). The van der Waals surface area contributed by atoms with Gasteiger partial charge in [0.15, 0.2) is 5.54 Å². The van der Waals surface area contributed by atoms with E-state index in [4.69, 9.17) is 0 Å². The Hall–Kier alpha value is -1.84. The highest BCUT2D eigenvalue weighted by molar-refractivity contribution is 6.04. The maximum absolute atomic E-state index is 11.8. The first-order valence-corrected chi connectivity index (χ1v) is 4.91. The lowest BCUT2D eigenvalue weighted by molar-refractivity contribution is -0.147. The second-order valence-corrected chi connectivity index (χ2v) is 3.65. The Morgan fingerprint density at radius 3 is 2.69 bits per heavy atom. The van der Waals surface area contributed by atoms with Gasteiger partial charge >= 0.3 is 5.97 Å². The van der Waals surface area contributed by atoms with Gasteiger partial charge in [-0.15, -0.1) is 0 Å². The van der Waals surface area contributed by atoms with E-state index in [1.807, 2.05) is 0 Å². The van der Waals surface area contributed by atoms with Crippen molar-refractivity contribution in [3.8, 4) is 0 Å². The maximum atomic E-state index is 11.8. The fourth-order valence-electron chi connectivity index (χ4n) is 1.65. The number of esters is 1. The summed E-state index contributed by atoms with van der Waals surface area (Å²) in [6.07, 6.45) is 4.87. The summed E-state index contributed by atoms with van der Waals surface area (Å²) in [6, 6.07) is 0. The number of carbonyl (C=O) groups excluding carboxylic acids is 2. The molecule has 0 radical (unpaired) electrons. The molecule has 16 heavy (non-hydrogen) atoms. The summed E-state index contributed by atoms with van der Waals surface area (Å²) >= 11 is 0. The summed E-state index contributed by atoms with van der Waals surface area (Å²) < 4.78 is 4.65. The van der Waals surface area contributed by atoms with E-state index in [0.717, 1.165) is 0 Å². The zero-order valence-corrected chi connectivity index (χ0v) is 9.66. The van der Waals surface area contributed by atoms with Crippen LogP contribution < -0.4 is 5.32 Å². The molecule has 0 saturated heterocycles. The summed E-state index contributed by atoms with van der Waals surface area (Å²) in [6.45, 7) is 6.97. The summed E-state index contributed by atoms with van der Waals surface area (Å²) in [5.41, 5.74) is 0.0255. The molecular formula is C12H15NO3. The van der Waals surface area contributed by atoms with Crippen molar-refractivity contribution in [1.29, 1.82) is 0 Å². The number of amides is 1. The molecule has 86 valence electrons. The molecule has 1 aliphatic heterocycles. The van der Waals surface area contributed by atoms with Crippen molar-refractivity contribution < 1.29 is 14.3 Å². The number of methoxy groups -OCH3 is 1. The Morgan fingerprint density at radius 1 is 1.62 bits per heavy atom. The number of rotatable bonds is 2. The Labute approximate surface area is 94.7 Å². The van der Waals surface area contributed by atoms with E-state index >= 15 is 0 Å². The molecule has 1 N–H and O–H groups in total. The summed E-state index contributed by atoms with van der Waals surface area (Å²) in [4.78, 5) is 23.3. The van der Waals surface area contributed by atoms with Crippen LogP contribution in [0.2, 0.25) is 0 Å². The van der Waals surface area contributed by atoms with Crippen molar-refractivity contribution in [3.05, 3.63) is 36.0 Å². The first-order chi connectivity index (χ1) is 7.48. The molecule has 1 aliphatic rings. The minimum Gasteiger partial charge on any atom is -0.467 e. The number of nitrogens with one attached hydrogen (secondary N) is 1. The third-order valence-corrected chi connectivity index (χ3v) is 2.49. The quantitative estimate of drug-likeness (QED) is 0.561. The van der Waals surface area contributed by atoms with Crippen molar-refractivity contribution in [1.82, 2.24) is 5.32 Å². The van der Waals surface area contributed by atoms with Gasteiger partial charge in [0.1, 0.15) is 0 Å². The molecule has 0 saturated carbocycles. The zero-order chi connectivity index (χ0) is 12.3. The van der Waals surface area contributed by atoms with Gasteiger partial charge in [-0.05, 0) is 25.5 Å². The first-order valence-electron chi connectivity index (χ1n) is 4.91. The van der Waals surface area contributed by atoms with E-state index in [2.05, 4.69) is 16.6 Å². The van der Waals surface area contributed by atoms with Crippen LogP contribution in [-0.4, -0.2) is 24.5 Å². The SMILES string of the molecule is C=CC1=CC(C)(C(=O)OC)NC(=O)/C1=C\C. The van der Waals surface area contributed by atoms with Crippen LogP contribution >= 0.6 is 0 Å². The van der Waals surface area contributed by atoms with E-state index in [9.17, 15) is 9.59 Å². The third kappa shape index (κ3) is 1.91. The molecule has 1 heterocycles. The molecule has 1 atom stereocenters. The Morgan fingerprint density at radius 2 is 2.25 bits per heavy atom. The lowest BCUT2D eigenvalue weighted by Crippen LogP contribution is -2.54. The molecule has 1 unspecified atom stereocenters. The van der Waals surface area contributed by atoms with Gasteiger partial charge in [0.2, 0.25) is 0 Å². The largest absolute Gasteiger partial charge is 0.467 e. The number of hydrogen-bond donors (Lipinski definition) is 1. The van der Waals surface area contributed by atoms with Crippen molar-refractivity contribution in [2.24, 2.45) is 0 Å². The van der Waals surface area contributed by atoms with Crippen molar-refractivity contribution >= 4 is 11.9 Å². The van der Waals surface area contributed by atoms with E-state index < -0.39 is 11.5 Å². The van der Waals surface area contributed by atoms with E-state index in [1.165, 1.54) is 7.11 Å². The van der Waals surface area contributed by atoms with Crippen LogP contribution in [0.15, 0.2) is 36.0 Å². The molecule has 4 nitrogen and oxygen atoms in total. The average Bonchev–Trinajstić information content (AvgIpc) is 2.26. The molecular weight excluding hydrogens is 206 g/mol. The predicted octanol–water partition coefficient (Wildman–Crippen LogP) is 1.11. The van der Waals surface area contributed by atoms with Crippen LogP contribution in [0.5, 0.6) is 0 Å². The maximum Gasteiger partial charge on any atom is 0.335 e. The molecule has 0 bridgehead atoms. The summed E-state index contributed by atoms with van der Waals surface area (Å²) in [5.74, 6) is -0.803. The van der Waals surface area contributed by atoms with Crippen LogP contribution in [0.25, 0.3) is 0 Å². The summed E-state index contributed by atoms with van der Waals surface area (Å²) in [7, 11) is 1.28. The molecule has 0 aromatic heterocycles. The highest BCUT2D eigenvalue weighted by Crippen LogP contribution is 2.24. The van der Waals surface area contributed by atoms with E-state index in [1.54, 1.807) is 32.1 Å². The van der Waals surface area contributed by atoms with Gasteiger partial charge in [-0.1, -0.05) is 18.7 Å². The smallest absolute Gasteiger partial charge is 0.335 e. The van der Waals surface area contributed by atoms with E-state index in [-0.39, 0.29) is 5.91 Å². The standard InChI is InChI=1S/C12H15NO3/c1-5-8-7-12(3,11(15)16-4)13-10(14)9(8)6-2/h5-7H,1H2,2-4H3,(H,13,14)/b9-6-. The third-order valence-electron chi connectivity index (χ3n) is 2.49. The molecule has 0 fully saturated rings. The molecule has 1 amide bonds. The van der Waals surface area contributed by atoms with Crippen molar-refractivity contribution in [2.45, 2.75) is 19.4 Å². The number of ether oxygens (including phenoxy) is 1. The van der Waals surface area contributed by atoms with Gasteiger partial charge in [-0.25, -0.2) is 4.79 Å². The highest BCUT2D eigenvalue weighted by Gasteiger charge is 2.38. The second kappa shape index (κ2) is 4.35. The van der Waals surface area contributed by atoms with Crippen LogP contribution in [0.4, 0.5) is 0 Å². The minimum absolute atomic E-state index is 0.298. The number of allylic oxidation sites excluding steroid dienone is 2. The van der Waals surface area contributed by atoms with Gasteiger partial charge in [0.05, 0.1) is 7.11 Å². The fourth-order valence-corrected chi connectivity index (χ4v) is 1.65. The molecule has 0 aromatic rings. The Balaban J connectivity index is 3.26. The highest BCUT2D eigenvalue weighted by atomic mass is 16.5. The Kier molecular flexibility index (Phi) is 3.32. The topological polar surface area (TPSA) is 55.4 Å². The predicted molar refractivity (Wildman–Crippen MR) is 60.6 cm³/mol. The fraction of sp³-hybridized carbons (Fsp3) is 0.333.